The van der Waals surface area contributed by atoms with Crippen LogP contribution in [0.3, 0.4) is 0 Å². The molecule has 0 unspecified atom stereocenters. The summed E-state index contributed by atoms with van der Waals surface area (Å²) in [7, 11) is 1.23. The first-order valence-electron chi connectivity index (χ1n) is 5.64. The molecule has 2 aromatic rings. The van der Waals surface area contributed by atoms with Gasteiger partial charge in [0.25, 0.3) is 11.1 Å². The Morgan fingerprint density at radius 3 is 1.81 bits per heavy atom. The number of aromatic carboxylic acids is 1. The molecule has 2 aromatic heterocycles. The summed E-state index contributed by atoms with van der Waals surface area (Å²) in [6.45, 7) is 0. The highest BCUT2D eigenvalue weighted by atomic mass is 16.5. The molecule has 0 atom stereocenters. The van der Waals surface area contributed by atoms with Gasteiger partial charge in [-0.15, -0.1) is 0 Å². The summed E-state index contributed by atoms with van der Waals surface area (Å²) in [6, 6.07) is 5.68. The van der Waals surface area contributed by atoms with Crippen LogP contribution >= 0.6 is 0 Å². The zero-order valence-corrected chi connectivity index (χ0v) is 11.0. The van der Waals surface area contributed by atoms with Crippen molar-refractivity contribution in [1.29, 1.82) is 0 Å². The quantitative estimate of drug-likeness (QED) is 0.680. The van der Waals surface area contributed by atoms with Gasteiger partial charge in [0.1, 0.15) is 11.1 Å². The van der Waals surface area contributed by atoms with Crippen molar-refractivity contribution in [3.63, 3.8) is 0 Å². The fourth-order valence-electron chi connectivity index (χ4n) is 1.28. The Balaban J connectivity index is 0.000000211. The Bertz CT molecular complexity index is 746. The van der Waals surface area contributed by atoms with Crippen LogP contribution in [0.15, 0.2) is 46.2 Å². The number of pyridine rings is 2. The summed E-state index contributed by atoms with van der Waals surface area (Å²) < 4.78 is 4.36. The number of carboxylic acids is 1. The molecule has 0 saturated carbocycles. The minimum atomic E-state index is -1.21. The molecule has 8 heteroatoms. The maximum atomic E-state index is 10.9. The van der Waals surface area contributed by atoms with Gasteiger partial charge in [-0.25, -0.2) is 9.59 Å². The van der Waals surface area contributed by atoms with E-state index in [9.17, 15) is 19.2 Å². The van der Waals surface area contributed by atoms with Gasteiger partial charge in [-0.3, -0.25) is 9.59 Å². The zero-order chi connectivity index (χ0) is 15.8. The number of H-pyrrole nitrogens is 2. The number of esters is 1. The lowest BCUT2D eigenvalue weighted by molar-refractivity contribution is 0.0597. The van der Waals surface area contributed by atoms with Gasteiger partial charge in [-0.05, 0) is 24.3 Å². The standard InChI is InChI=1S/C7H7NO3.C6H5NO3/c1-11-7(10)5-3-2-4-8-6(5)9;8-5-4(6(9)10)2-1-3-7-5/h2-4H,1H3,(H,8,9);1-3H,(H,7,8)(H,9,10). The first kappa shape index (κ1) is 15.9. The third-order valence-corrected chi connectivity index (χ3v) is 2.27. The van der Waals surface area contributed by atoms with Gasteiger partial charge in [-0.1, -0.05) is 0 Å². The van der Waals surface area contributed by atoms with E-state index >= 15 is 0 Å². The molecule has 2 rings (SSSR count). The fraction of sp³-hybridized carbons (Fsp3) is 0.0769. The van der Waals surface area contributed by atoms with Gasteiger partial charge in [0, 0.05) is 12.4 Å². The summed E-state index contributed by atoms with van der Waals surface area (Å²) in [4.78, 5) is 47.1. The highest BCUT2D eigenvalue weighted by Crippen LogP contribution is 1.90. The Kier molecular flexibility index (Phi) is 5.63. The Morgan fingerprint density at radius 1 is 1.00 bits per heavy atom. The second kappa shape index (κ2) is 7.43. The Morgan fingerprint density at radius 2 is 1.48 bits per heavy atom. The van der Waals surface area contributed by atoms with Crippen LogP contribution in [0.4, 0.5) is 0 Å². The van der Waals surface area contributed by atoms with Crippen molar-refractivity contribution in [2.24, 2.45) is 0 Å². The molecule has 0 aromatic carbocycles. The van der Waals surface area contributed by atoms with Gasteiger partial charge in [0.05, 0.1) is 7.11 Å². The number of nitrogens with one attached hydrogen (secondary N) is 2. The lowest BCUT2D eigenvalue weighted by Crippen LogP contribution is -2.17. The SMILES string of the molecule is COC(=O)c1ccc[nH]c1=O.O=C(O)c1ccc[nH]c1=O. The van der Waals surface area contributed by atoms with Crippen molar-refractivity contribution in [3.05, 3.63) is 68.5 Å². The number of aromatic nitrogens is 2. The molecule has 3 N–H and O–H groups in total. The van der Waals surface area contributed by atoms with Crippen molar-refractivity contribution >= 4 is 11.9 Å². The topological polar surface area (TPSA) is 129 Å². The number of hydrogen-bond donors (Lipinski definition) is 3. The van der Waals surface area contributed by atoms with E-state index < -0.39 is 23.1 Å². The number of rotatable bonds is 2. The number of methoxy groups -OCH3 is 1. The number of aromatic amines is 2. The van der Waals surface area contributed by atoms with Gasteiger partial charge >= 0.3 is 11.9 Å². The predicted octanol–water partition coefficient (Wildman–Crippen LogP) is 0.235. The molecule has 8 nitrogen and oxygen atoms in total. The fourth-order valence-corrected chi connectivity index (χ4v) is 1.28. The molecule has 0 aliphatic heterocycles. The molecule has 0 aliphatic carbocycles. The minimum absolute atomic E-state index is 0.0231. The second-order valence-electron chi connectivity index (χ2n) is 3.62. The maximum absolute atomic E-state index is 10.9. The lowest BCUT2D eigenvalue weighted by atomic mass is 10.3. The second-order valence-corrected chi connectivity index (χ2v) is 3.62. The average Bonchev–Trinajstić information content (AvgIpc) is 2.48. The highest BCUT2D eigenvalue weighted by molar-refractivity contribution is 5.88. The maximum Gasteiger partial charge on any atom is 0.343 e. The van der Waals surface area contributed by atoms with E-state index in [1.165, 1.54) is 37.7 Å². The van der Waals surface area contributed by atoms with E-state index in [0.717, 1.165) is 0 Å². The average molecular weight is 292 g/mol. The molecule has 0 spiro atoms. The van der Waals surface area contributed by atoms with Crippen LogP contribution in [0.1, 0.15) is 20.7 Å². The summed E-state index contributed by atoms with van der Waals surface area (Å²) in [5.74, 6) is -1.83. The number of hydrogen-bond acceptors (Lipinski definition) is 5. The van der Waals surface area contributed by atoms with E-state index in [1.807, 2.05) is 0 Å². The molecular weight excluding hydrogens is 280 g/mol. The number of ether oxygens (including phenoxy) is 1. The minimum Gasteiger partial charge on any atom is -0.477 e. The lowest BCUT2D eigenvalue weighted by Gasteiger charge is -1.94. The first-order valence-corrected chi connectivity index (χ1v) is 5.64. The molecule has 0 bridgehead atoms. The van der Waals surface area contributed by atoms with Crippen LogP contribution < -0.4 is 11.1 Å². The summed E-state index contributed by atoms with van der Waals surface area (Å²) in [5.41, 5.74) is -1.22. The van der Waals surface area contributed by atoms with Gasteiger partial charge in [-0.2, -0.15) is 0 Å². The molecule has 0 aliphatic rings. The van der Waals surface area contributed by atoms with Gasteiger partial charge in [0.15, 0.2) is 0 Å². The van der Waals surface area contributed by atoms with E-state index in [1.54, 1.807) is 6.07 Å². The summed E-state index contributed by atoms with van der Waals surface area (Å²) >= 11 is 0. The smallest absolute Gasteiger partial charge is 0.343 e. The van der Waals surface area contributed by atoms with E-state index in [2.05, 4.69) is 14.7 Å². The van der Waals surface area contributed by atoms with Crippen molar-refractivity contribution in [2.75, 3.05) is 7.11 Å². The number of carbonyl (C=O) groups excluding carboxylic acids is 1. The summed E-state index contributed by atoms with van der Waals surface area (Å²) in [5, 5.41) is 8.35. The molecule has 0 radical (unpaired) electrons. The molecular formula is C13H12N2O6. The van der Waals surface area contributed by atoms with Crippen molar-refractivity contribution in [3.8, 4) is 0 Å². The Hall–Kier alpha value is -3.16. The van der Waals surface area contributed by atoms with Crippen molar-refractivity contribution in [2.45, 2.75) is 0 Å². The van der Waals surface area contributed by atoms with Crippen LogP contribution in [-0.2, 0) is 4.74 Å². The molecule has 2 heterocycles. The normalized spacial score (nSPS) is 9.19. The van der Waals surface area contributed by atoms with Gasteiger partial charge < -0.3 is 19.8 Å². The van der Waals surface area contributed by atoms with Crippen LogP contribution in [0.2, 0.25) is 0 Å². The monoisotopic (exact) mass is 292 g/mol. The summed E-state index contributed by atoms with van der Waals surface area (Å²) in [6.07, 6.45) is 2.84. The number of carbonyl (C=O) groups is 2. The number of carboxylic acid groups (broad SMARTS) is 1. The Labute approximate surface area is 118 Å². The zero-order valence-electron chi connectivity index (χ0n) is 11.0. The van der Waals surface area contributed by atoms with Crippen LogP contribution in [0.25, 0.3) is 0 Å². The van der Waals surface area contributed by atoms with Crippen LogP contribution in [0, 0.1) is 0 Å². The molecule has 0 saturated heterocycles. The molecule has 21 heavy (non-hydrogen) atoms. The van der Waals surface area contributed by atoms with Crippen LogP contribution in [0.5, 0.6) is 0 Å². The molecule has 0 fully saturated rings. The van der Waals surface area contributed by atoms with Crippen LogP contribution in [-0.4, -0.2) is 34.1 Å². The van der Waals surface area contributed by atoms with Crippen molar-refractivity contribution in [1.82, 2.24) is 9.97 Å². The van der Waals surface area contributed by atoms with E-state index in [4.69, 9.17) is 5.11 Å². The molecule has 110 valence electrons. The van der Waals surface area contributed by atoms with Gasteiger partial charge in [0.2, 0.25) is 0 Å². The third-order valence-electron chi connectivity index (χ3n) is 2.27. The van der Waals surface area contributed by atoms with E-state index in [-0.39, 0.29) is 11.1 Å². The largest absolute Gasteiger partial charge is 0.477 e. The van der Waals surface area contributed by atoms with E-state index in [0.29, 0.717) is 0 Å². The highest BCUT2D eigenvalue weighted by Gasteiger charge is 2.07. The van der Waals surface area contributed by atoms with Crippen molar-refractivity contribution < 1.29 is 19.4 Å². The molecule has 0 amide bonds. The predicted molar refractivity (Wildman–Crippen MR) is 72.4 cm³/mol. The first-order chi connectivity index (χ1) is 9.97. The third kappa shape index (κ3) is 4.46.